The first-order valence-corrected chi connectivity index (χ1v) is 6.50. The van der Waals surface area contributed by atoms with Gasteiger partial charge in [-0.15, -0.1) is 0 Å². The number of carbonyl (C=O) groups excluding carboxylic acids is 2. The molecular formula is C12H16F2N4O4. The summed E-state index contributed by atoms with van der Waals surface area (Å²) in [5.74, 6) is -5.65. The third kappa shape index (κ3) is 4.92. The first kappa shape index (κ1) is 17.8. The van der Waals surface area contributed by atoms with Gasteiger partial charge in [0.05, 0.1) is 19.0 Å². The SMILES string of the molecule is C[C@@H](NNC(=O)CCC(=O)O)C(=O)N1CC(F)(F)C[C@H]1C#N. The van der Waals surface area contributed by atoms with Crippen LogP contribution >= 0.6 is 0 Å². The standard InChI is InChI=1S/C12H16F2N4O4/c1-7(16-17-9(19)2-3-10(20)21)11(22)18-6-12(13,14)4-8(18)5-15/h7-8,16H,2-4,6H2,1H3,(H,17,19)(H,20,21)/t7-,8+/m1/s1. The van der Waals surface area contributed by atoms with Crippen molar-refractivity contribution < 1.29 is 28.3 Å². The third-order valence-corrected chi connectivity index (χ3v) is 3.07. The van der Waals surface area contributed by atoms with Gasteiger partial charge in [0.1, 0.15) is 12.1 Å². The molecule has 0 bridgehead atoms. The Bertz CT molecular complexity index is 506. The molecule has 0 aliphatic carbocycles. The summed E-state index contributed by atoms with van der Waals surface area (Å²) in [5.41, 5.74) is 4.44. The Balaban J connectivity index is 2.50. The maximum atomic E-state index is 13.3. The van der Waals surface area contributed by atoms with Crippen LogP contribution in [0.4, 0.5) is 8.78 Å². The summed E-state index contributed by atoms with van der Waals surface area (Å²) in [6.07, 6.45) is -1.37. The molecule has 0 saturated carbocycles. The van der Waals surface area contributed by atoms with Crippen molar-refractivity contribution in [2.24, 2.45) is 0 Å². The Morgan fingerprint density at radius 3 is 2.64 bits per heavy atom. The van der Waals surface area contributed by atoms with Crippen molar-refractivity contribution >= 4 is 17.8 Å². The van der Waals surface area contributed by atoms with Crippen molar-refractivity contribution in [3.05, 3.63) is 0 Å². The lowest BCUT2D eigenvalue weighted by Gasteiger charge is -2.23. The van der Waals surface area contributed by atoms with Crippen LogP contribution in [0.15, 0.2) is 0 Å². The van der Waals surface area contributed by atoms with Gasteiger partial charge in [-0.3, -0.25) is 19.8 Å². The van der Waals surface area contributed by atoms with Gasteiger partial charge in [0.2, 0.25) is 11.8 Å². The summed E-state index contributed by atoms with van der Waals surface area (Å²) in [4.78, 5) is 34.4. The van der Waals surface area contributed by atoms with E-state index in [4.69, 9.17) is 10.4 Å². The van der Waals surface area contributed by atoms with Gasteiger partial charge in [0.15, 0.2) is 0 Å². The number of nitrogens with zero attached hydrogens (tertiary/aromatic N) is 2. The van der Waals surface area contributed by atoms with Crippen molar-refractivity contribution in [2.45, 2.75) is 44.2 Å². The Kier molecular flexibility index (Phi) is 5.76. The molecule has 0 spiro atoms. The van der Waals surface area contributed by atoms with Crippen LogP contribution in [0, 0.1) is 11.3 Å². The second-order valence-electron chi connectivity index (χ2n) is 4.98. The molecule has 1 fully saturated rings. The molecule has 3 N–H and O–H groups in total. The number of alkyl halides is 2. The number of likely N-dealkylation sites (tertiary alicyclic amines) is 1. The molecule has 1 saturated heterocycles. The molecule has 0 aromatic carbocycles. The molecule has 10 heteroatoms. The molecule has 1 aliphatic rings. The number of hydrazine groups is 1. The molecule has 0 aromatic rings. The van der Waals surface area contributed by atoms with Crippen LogP contribution in [0.25, 0.3) is 0 Å². The zero-order valence-electron chi connectivity index (χ0n) is 11.8. The highest BCUT2D eigenvalue weighted by Gasteiger charge is 2.47. The maximum absolute atomic E-state index is 13.3. The van der Waals surface area contributed by atoms with Gasteiger partial charge in [-0.05, 0) is 6.92 Å². The minimum atomic E-state index is -3.11. The zero-order valence-corrected chi connectivity index (χ0v) is 11.8. The number of carboxylic acid groups (broad SMARTS) is 1. The molecule has 22 heavy (non-hydrogen) atoms. The van der Waals surface area contributed by atoms with Gasteiger partial charge in [-0.2, -0.15) is 5.26 Å². The summed E-state index contributed by atoms with van der Waals surface area (Å²) in [5, 5.41) is 17.2. The number of carbonyl (C=O) groups is 3. The first-order valence-electron chi connectivity index (χ1n) is 6.50. The average molecular weight is 318 g/mol. The normalized spacial score (nSPS) is 21.0. The summed E-state index contributed by atoms with van der Waals surface area (Å²) < 4.78 is 26.5. The number of hydrogen-bond acceptors (Lipinski definition) is 5. The molecule has 2 atom stereocenters. The molecule has 2 amide bonds. The van der Waals surface area contributed by atoms with Crippen LogP contribution in [0.5, 0.6) is 0 Å². The summed E-state index contributed by atoms with van der Waals surface area (Å²) in [6.45, 7) is 0.494. The number of halogens is 2. The fraction of sp³-hybridized carbons (Fsp3) is 0.667. The summed E-state index contributed by atoms with van der Waals surface area (Å²) >= 11 is 0. The van der Waals surface area contributed by atoms with Gasteiger partial charge in [-0.25, -0.2) is 14.2 Å². The first-order chi connectivity index (χ1) is 10.2. The van der Waals surface area contributed by atoms with E-state index in [0.717, 1.165) is 4.90 Å². The minimum absolute atomic E-state index is 0.286. The largest absolute Gasteiger partial charge is 0.481 e. The lowest BCUT2D eigenvalue weighted by molar-refractivity contribution is -0.139. The second kappa shape index (κ2) is 7.13. The topological polar surface area (TPSA) is 123 Å². The highest BCUT2D eigenvalue weighted by molar-refractivity contribution is 5.84. The van der Waals surface area contributed by atoms with E-state index in [1.807, 2.05) is 0 Å². The summed E-state index contributed by atoms with van der Waals surface area (Å²) in [7, 11) is 0. The van der Waals surface area contributed by atoms with Gasteiger partial charge in [-0.1, -0.05) is 0 Å². The monoisotopic (exact) mass is 318 g/mol. The highest BCUT2D eigenvalue weighted by atomic mass is 19.3. The smallest absolute Gasteiger partial charge is 0.303 e. The Hall–Kier alpha value is -2.28. The van der Waals surface area contributed by atoms with Crippen LogP contribution in [-0.2, 0) is 14.4 Å². The minimum Gasteiger partial charge on any atom is -0.481 e. The Labute approximate surface area is 125 Å². The van der Waals surface area contributed by atoms with Crippen LogP contribution in [0.1, 0.15) is 26.2 Å². The number of nitriles is 1. The fourth-order valence-electron chi connectivity index (χ4n) is 1.95. The van der Waals surface area contributed by atoms with Gasteiger partial charge in [0.25, 0.3) is 5.92 Å². The van der Waals surface area contributed by atoms with Crippen molar-refractivity contribution in [2.75, 3.05) is 6.54 Å². The van der Waals surface area contributed by atoms with Gasteiger partial charge < -0.3 is 10.0 Å². The third-order valence-electron chi connectivity index (χ3n) is 3.07. The zero-order chi connectivity index (χ0) is 16.9. The van der Waals surface area contributed by atoms with E-state index in [2.05, 4.69) is 10.9 Å². The maximum Gasteiger partial charge on any atom is 0.303 e. The molecule has 1 heterocycles. The van der Waals surface area contributed by atoms with Crippen LogP contribution in [-0.4, -0.2) is 52.3 Å². The average Bonchev–Trinajstić information content (AvgIpc) is 2.76. The van der Waals surface area contributed by atoms with Crippen molar-refractivity contribution in [1.82, 2.24) is 15.8 Å². The molecule has 0 unspecified atom stereocenters. The van der Waals surface area contributed by atoms with E-state index >= 15 is 0 Å². The number of amides is 2. The quantitative estimate of drug-likeness (QED) is 0.574. The lowest BCUT2D eigenvalue weighted by atomic mass is 10.2. The molecule has 1 aliphatic heterocycles. The van der Waals surface area contributed by atoms with Crippen LogP contribution in [0.3, 0.4) is 0 Å². The van der Waals surface area contributed by atoms with Crippen LogP contribution < -0.4 is 10.9 Å². The van der Waals surface area contributed by atoms with E-state index in [-0.39, 0.29) is 12.8 Å². The van der Waals surface area contributed by atoms with E-state index in [1.54, 1.807) is 6.07 Å². The number of nitrogens with one attached hydrogen (secondary N) is 2. The predicted molar refractivity (Wildman–Crippen MR) is 68.3 cm³/mol. The highest BCUT2D eigenvalue weighted by Crippen LogP contribution is 2.31. The Morgan fingerprint density at radius 2 is 2.09 bits per heavy atom. The van der Waals surface area contributed by atoms with E-state index in [9.17, 15) is 23.2 Å². The van der Waals surface area contributed by atoms with Crippen molar-refractivity contribution in [3.8, 4) is 6.07 Å². The number of hydrogen-bond donors (Lipinski definition) is 3. The second-order valence-corrected chi connectivity index (χ2v) is 4.98. The molecule has 0 aromatic heterocycles. The number of carboxylic acids is 1. The van der Waals surface area contributed by atoms with Gasteiger partial charge >= 0.3 is 5.97 Å². The van der Waals surface area contributed by atoms with Gasteiger partial charge in [0, 0.05) is 12.8 Å². The Morgan fingerprint density at radius 1 is 1.45 bits per heavy atom. The molecular weight excluding hydrogens is 302 g/mol. The molecule has 8 nitrogen and oxygen atoms in total. The van der Waals surface area contributed by atoms with E-state index in [1.165, 1.54) is 6.92 Å². The predicted octanol–water partition coefficient (Wildman–Crippen LogP) is -0.380. The summed E-state index contributed by atoms with van der Waals surface area (Å²) in [6, 6.07) is -0.595. The number of rotatable bonds is 6. The molecule has 0 radical (unpaired) electrons. The van der Waals surface area contributed by atoms with E-state index < -0.39 is 48.8 Å². The van der Waals surface area contributed by atoms with Crippen LogP contribution in [0.2, 0.25) is 0 Å². The fourth-order valence-corrected chi connectivity index (χ4v) is 1.95. The van der Waals surface area contributed by atoms with E-state index in [0.29, 0.717) is 0 Å². The number of aliphatic carboxylic acids is 1. The molecule has 1 rings (SSSR count). The molecule has 122 valence electrons. The van der Waals surface area contributed by atoms with Crippen molar-refractivity contribution in [3.63, 3.8) is 0 Å². The lowest BCUT2D eigenvalue weighted by Crippen LogP contribution is -2.52. The van der Waals surface area contributed by atoms with Crippen molar-refractivity contribution in [1.29, 1.82) is 5.26 Å².